The van der Waals surface area contributed by atoms with Crippen molar-refractivity contribution in [2.75, 3.05) is 38.8 Å². The second kappa shape index (κ2) is 5.37. The minimum Gasteiger partial charge on any atom is -0.377 e. The maximum Gasteiger partial charge on any atom is 0.332 e. The average Bonchev–Trinajstić information content (AvgIpc) is 2.66. The largest absolute Gasteiger partial charge is 0.377 e. The number of rotatable bonds is 0. The highest BCUT2D eigenvalue weighted by atomic mass is 16.5. The second-order valence-electron chi connectivity index (χ2n) is 6.88. The SMILES string of the molecule is CN1C(=O)N(C)C(=O)C2(Cc3c(cnn(C)c3=O)N3CCOCC32)C1=O. The zero-order valence-electron chi connectivity index (χ0n) is 14.8. The van der Waals surface area contributed by atoms with Gasteiger partial charge in [-0.2, -0.15) is 5.10 Å². The molecule has 1 unspecified atom stereocenters. The quantitative estimate of drug-likeness (QED) is 0.522. The number of hydrogen-bond acceptors (Lipinski definition) is 7. The van der Waals surface area contributed by atoms with Crippen LogP contribution in [0.1, 0.15) is 5.56 Å². The van der Waals surface area contributed by atoms with Crippen molar-refractivity contribution in [2.24, 2.45) is 12.5 Å². The molecule has 1 spiro atoms. The van der Waals surface area contributed by atoms with Gasteiger partial charge >= 0.3 is 6.03 Å². The number of carbonyl (C=O) groups is 3. The zero-order valence-corrected chi connectivity index (χ0v) is 14.8. The molecule has 0 bridgehead atoms. The molecule has 4 heterocycles. The highest BCUT2D eigenvalue weighted by Gasteiger charge is 2.64. The lowest BCUT2D eigenvalue weighted by molar-refractivity contribution is -0.161. The number of hydrogen-bond donors (Lipinski definition) is 0. The standard InChI is InChI=1S/C16H19N5O5/c1-18-13(23)16(14(24)19(2)15(18)25)6-9-10(7-17-20(3)12(9)22)21-4-5-26-8-11(16)21/h7,11H,4-6,8H2,1-3H3. The van der Waals surface area contributed by atoms with Crippen LogP contribution in [0.25, 0.3) is 0 Å². The molecule has 2 saturated heterocycles. The summed E-state index contributed by atoms with van der Waals surface area (Å²) in [5.41, 5.74) is -0.943. The Hall–Kier alpha value is -2.75. The first-order valence-electron chi connectivity index (χ1n) is 8.30. The van der Waals surface area contributed by atoms with Crippen LogP contribution in [0.5, 0.6) is 0 Å². The van der Waals surface area contributed by atoms with Gasteiger partial charge in [0.05, 0.1) is 31.1 Å². The maximum absolute atomic E-state index is 13.2. The third kappa shape index (κ3) is 1.87. The Morgan fingerprint density at radius 1 is 1.12 bits per heavy atom. The van der Waals surface area contributed by atoms with Crippen molar-refractivity contribution >= 4 is 23.5 Å². The molecular weight excluding hydrogens is 342 g/mol. The van der Waals surface area contributed by atoms with E-state index >= 15 is 0 Å². The third-order valence-electron chi connectivity index (χ3n) is 5.62. The fourth-order valence-electron chi connectivity index (χ4n) is 4.21. The lowest BCUT2D eigenvalue weighted by Gasteiger charge is -2.53. The van der Waals surface area contributed by atoms with Gasteiger partial charge in [-0.15, -0.1) is 0 Å². The molecule has 0 saturated carbocycles. The van der Waals surface area contributed by atoms with E-state index in [1.807, 2.05) is 4.90 Å². The van der Waals surface area contributed by atoms with Crippen molar-refractivity contribution in [3.8, 4) is 0 Å². The van der Waals surface area contributed by atoms with Gasteiger partial charge in [-0.25, -0.2) is 9.48 Å². The number of imide groups is 2. The Kier molecular flexibility index (Phi) is 3.45. The fraction of sp³-hybridized carbons (Fsp3) is 0.562. The smallest absolute Gasteiger partial charge is 0.332 e. The first-order chi connectivity index (χ1) is 12.3. The van der Waals surface area contributed by atoms with E-state index in [4.69, 9.17) is 4.74 Å². The first kappa shape index (κ1) is 16.7. The Morgan fingerprint density at radius 3 is 2.42 bits per heavy atom. The number of nitrogens with zero attached hydrogens (tertiary/aromatic N) is 5. The summed E-state index contributed by atoms with van der Waals surface area (Å²) in [6, 6.07) is -1.28. The normalized spacial score (nSPS) is 24.8. The molecule has 138 valence electrons. The molecule has 1 atom stereocenters. The molecule has 3 aliphatic rings. The highest BCUT2D eigenvalue weighted by Crippen LogP contribution is 2.45. The van der Waals surface area contributed by atoms with Gasteiger partial charge in [0, 0.05) is 39.7 Å². The number of amides is 4. The summed E-state index contributed by atoms with van der Waals surface area (Å²) in [5.74, 6) is -1.20. The van der Waals surface area contributed by atoms with Gasteiger partial charge in [0.25, 0.3) is 5.56 Å². The van der Waals surface area contributed by atoms with Crippen LogP contribution in [0.2, 0.25) is 0 Å². The molecule has 2 fully saturated rings. The van der Waals surface area contributed by atoms with Crippen LogP contribution in [0, 0.1) is 5.41 Å². The summed E-state index contributed by atoms with van der Waals surface area (Å²) >= 11 is 0. The van der Waals surface area contributed by atoms with Gasteiger partial charge in [-0.3, -0.25) is 24.2 Å². The molecule has 4 rings (SSSR count). The second-order valence-corrected chi connectivity index (χ2v) is 6.88. The van der Waals surface area contributed by atoms with Gasteiger partial charge < -0.3 is 9.64 Å². The molecule has 0 radical (unpaired) electrons. The number of urea groups is 1. The molecular formula is C16H19N5O5. The first-order valence-corrected chi connectivity index (χ1v) is 8.30. The predicted molar refractivity (Wildman–Crippen MR) is 88.5 cm³/mol. The number of morpholine rings is 1. The molecule has 4 amide bonds. The number of aromatic nitrogens is 2. The third-order valence-corrected chi connectivity index (χ3v) is 5.62. The highest BCUT2D eigenvalue weighted by molar-refractivity contribution is 6.20. The van der Waals surface area contributed by atoms with Crippen molar-refractivity contribution in [1.29, 1.82) is 0 Å². The molecule has 0 aliphatic carbocycles. The molecule has 1 aromatic rings. The predicted octanol–water partition coefficient (Wildman–Crippen LogP) is -1.42. The van der Waals surface area contributed by atoms with Gasteiger partial charge in [0.15, 0.2) is 5.41 Å². The van der Waals surface area contributed by atoms with Crippen LogP contribution in [0.15, 0.2) is 11.0 Å². The van der Waals surface area contributed by atoms with E-state index in [1.165, 1.54) is 25.8 Å². The van der Waals surface area contributed by atoms with Gasteiger partial charge in [0.1, 0.15) is 0 Å². The monoisotopic (exact) mass is 361 g/mol. The Labute approximate surface area is 148 Å². The Bertz CT molecular complexity index is 870. The number of fused-ring (bicyclic) bond motifs is 4. The molecule has 0 aromatic carbocycles. The van der Waals surface area contributed by atoms with Crippen LogP contribution >= 0.6 is 0 Å². The zero-order chi connectivity index (χ0) is 18.8. The average molecular weight is 361 g/mol. The van der Waals surface area contributed by atoms with Crippen molar-refractivity contribution in [1.82, 2.24) is 19.6 Å². The number of ether oxygens (including phenoxy) is 1. The van der Waals surface area contributed by atoms with Gasteiger partial charge in [0.2, 0.25) is 11.8 Å². The van der Waals surface area contributed by atoms with Crippen molar-refractivity contribution < 1.29 is 19.1 Å². The number of anilines is 1. The van der Waals surface area contributed by atoms with Crippen LogP contribution < -0.4 is 10.5 Å². The topological polar surface area (TPSA) is 105 Å². The number of barbiturate groups is 1. The summed E-state index contributed by atoms with van der Waals surface area (Å²) in [6.45, 7) is 0.992. The van der Waals surface area contributed by atoms with Crippen molar-refractivity contribution in [3.05, 3.63) is 22.1 Å². The molecule has 1 aromatic heterocycles. The lowest BCUT2D eigenvalue weighted by Crippen LogP contribution is -2.73. The van der Waals surface area contributed by atoms with E-state index in [2.05, 4.69) is 5.10 Å². The fourth-order valence-corrected chi connectivity index (χ4v) is 4.21. The van der Waals surface area contributed by atoms with Gasteiger partial charge in [-0.1, -0.05) is 0 Å². The van der Waals surface area contributed by atoms with E-state index in [0.717, 1.165) is 9.80 Å². The maximum atomic E-state index is 13.2. The summed E-state index contributed by atoms with van der Waals surface area (Å²) in [7, 11) is 4.22. The lowest BCUT2D eigenvalue weighted by atomic mass is 9.68. The van der Waals surface area contributed by atoms with E-state index in [1.54, 1.807) is 6.20 Å². The minimum atomic E-state index is -1.57. The van der Waals surface area contributed by atoms with E-state index in [-0.39, 0.29) is 18.6 Å². The van der Waals surface area contributed by atoms with E-state index < -0.39 is 29.3 Å². The van der Waals surface area contributed by atoms with Crippen molar-refractivity contribution in [3.63, 3.8) is 0 Å². The summed E-state index contributed by atoms with van der Waals surface area (Å²) in [4.78, 5) is 55.0. The van der Waals surface area contributed by atoms with Crippen LogP contribution in [0.4, 0.5) is 10.5 Å². The summed E-state index contributed by atoms with van der Waals surface area (Å²) < 4.78 is 6.74. The molecule has 10 heteroatoms. The van der Waals surface area contributed by atoms with E-state index in [9.17, 15) is 19.2 Å². The Morgan fingerprint density at radius 2 is 1.77 bits per heavy atom. The number of carbonyl (C=O) groups excluding carboxylic acids is 3. The van der Waals surface area contributed by atoms with Crippen molar-refractivity contribution in [2.45, 2.75) is 12.5 Å². The van der Waals surface area contributed by atoms with E-state index in [0.29, 0.717) is 24.4 Å². The Balaban J connectivity index is 1.97. The molecule has 3 aliphatic heterocycles. The summed E-state index contributed by atoms with van der Waals surface area (Å²) in [5, 5.41) is 4.07. The minimum absolute atomic E-state index is 0.0817. The van der Waals surface area contributed by atoms with Crippen LogP contribution in [-0.2, 0) is 27.8 Å². The summed E-state index contributed by atoms with van der Waals surface area (Å²) in [6.07, 6.45) is 1.50. The molecule has 10 nitrogen and oxygen atoms in total. The molecule has 26 heavy (non-hydrogen) atoms. The number of aryl methyl sites for hydroxylation is 1. The van der Waals surface area contributed by atoms with Crippen LogP contribution in [-0.4, -0.2) is 77.3 Å². The van der Waals surface area contributed by atoms with Crippen LogP contribution in [0.3, 0.4) is 0 Å². The van der Waals surface area contributed by atoms with Gasteiger partial charge in [-0.05, 0) is 0 Å². The molecule has 0 N–H and O–H groups in total.